The van der Waals surface area contributed by atoms with Crippen LogP contribution in [0.3, 0.4) is 0 Å². The summed E-state index contributed by atoms with van der Waals surface area (Å²) in [5.41, 5.74) is 9.53. The predicted octanol–water partition coefficient (Wildman–Crippen LogP) is 8.48. The molecule has 5 aliphatic rings. The zero-order valence-electron chi connectivity index (χ0n) is 31.4. The van der Waals surface area contributed by atoms with E-state index in [2.05, 4.69) is 0 Å². The third-order valence-corrected chi connectivity index (χ3v) is 10.3. The predicted molar refractivity (Wildman–Crippen MR) is 228 cm³/mol. The monoisotopic (exact) mass is 983 g/mol. The van der Waals surface area contributed by atoms with Crippen LogP contribution in [-0.4, -0.2) is 67.2 Å². The Kier molecular flexibility index (Phi) is 10.5. The van der Waals surface area contributed by atoms with Gasteiger partial charge in [0.1, 0.15) is 0 Å². The van der Waals surface area contributed by atoms with E-state index in [1.165, 1.54) is 48.5 Å². The Hall–Kier alpha value is -7.95. The summed E-state index contributed by atoms with van der Waals surface area (Å²) in [6, 6.07) is 25.6. The number of carbonyl (C=O) groups is 4. The van der Waals surface area contributed by atoms with Gasteiger partial charge in [-0.15, -0.1) is 0 Å². The molecule has 12 nitrogen and oxygen atoms in total. The minimum atomic E-state index is -1.07. The molecule has 0 saturated heterocycles. The topological polar surface area (TPSA) is 199 Å². The van der Waals surface area contributed by atoms with E-state index in [1.54, 1.807) is 48.5 Å². The minimum Gasteiger partial charge on any atom is -0.478 e. The number of hydrogen-bond acceptors (Lipinski definition) is 8. The molecule has 4 aromatic rings. The van der Waals surface area contributed by atoms with Gasteiger partial charge in [-0.05, 0) is 119 Å². The van der Waals surface area contributed by atoms with Crippen LogP contribution in [0.5, 0.6) is 0 Å². The molecule has 5 aliphatic heterocycles. The molecule has 0 unspecified atom stereocenters. The number of aliphatic imine (C=N–C) groups is 4. The van der Waals surface area contributed by atoms with Crippen molar-refractivity contribution in [1.29, 1.82) is 0 Å². The van der Waals surface area contributed by atoms with Crippen LogP contribution < -0.4 is 0 Å². The molecule has 0 aliphatic carbocycles. The molecule has 9 rings (SSSR count). The number of aromatic carboxylic acids is 4. The van der Waals surface area contributed by atoms with Crippen molar-refractivity contribution in [2.75, 3.05) is 0 Å². The van der Waals surface area contributed by atoms with Gasteiger partial charge in [0.15, 0.2) is 0 Å². The van der Waals surface area contributed by atoms with Gasteiger partial charge < -0.3 is 20.4 Å². The molecular formula is C48H28N4O8Pt. The Morgan fingerprint density at radius 3 is 0.639 bits per heavy atom. The van der Waals surface area contributed by atoms with Crippen LogP contribution in [0.2, 0.25) is 0 Å². The first-order chi connectivity index (χ1) is 29.0. The summed E-state index contributed by atoms with van der Waals surface area (Å²) in [4.78, 5) is 67.8. The van der Waals surface area contributed by atoms with Crippen LogP contribution in [0.1, 0.15) is 63.7 Å². The SMILES string of the molecule is O=C(O)c1ccc(C2=C3C=CC(=N3)C(c3ccc(C(=O)O)cc3)=C3C=CC(=N3)C(c3ccc(C(=O)O)cc3)=C3C=CC(=N3)C(c3ccc(C(=O)O)cc3)=C3C=CC2=N3)cc1.[Pt]. The number of hydrogen-bond donors (Lipinski definition) is 4. The molecule has 0 fully saturated rings. The Bertz CT molecular complexity index is 2610. The summed E-state index contributed by atoms with van der Waals surface area (Å²) in [5, 5.41) is 38.7. The van der Waals surface area contributed by atoms with E-state index >= 15 is 0 Å². The molecule has 0 spiro atoms. The molecule has 4 N–H and O–H groups in total. The van der Waals surface area contributed by atoms with E-state index in [0.717, 1.165) is 0 Å². The summed E-state index contributed by atoms with van der Waals surface area (Å²) in [6.07, 6.45) is 14.7. The molecule has 8 bridgehead atoms. The molecule has 0 saturated carbocycles. The molecule has 5 heterocycles. The van der Waals surface area contributed by atoms with Crippen molar-refractivity contribution in [1.82, 2.24) is 0 Å². The second-order valence-electron chi connectivity index (χ2n) is 13.9. The quantitative estimate of drug-likeness (QED) is 0.135. The first-order valence-corrected chi connectivity index (χ1v) is 18.4. The van der Waals surface area contributed by atoms with Gasteiger partial charge in [-0.2, -0.15) is 0 Å². The zero-order valence-corrected chi connectivity index (χ0v) is 33.7. The second-order valence-corrected chi connectivity index (χ2v) is 13.9. The molecule has 0 aromatic heterocycles. The fraction of sp³-hybridized carbons (Fsp3) is 0. The minimum absolute atomic E-state index is 0. The largest absolute Gasteiger partial charge is 0.478 e. The van der Waals surface area contributed by atoms with Gasteiger partial charge in [0.2, 0.25) is 0 Å². The van der Waals surface area contributed by atoms with Crippen LogP contribution in [0.4, 0.5) is 0 Å². The Balaban J connectivity index is 0.00000514. The van der Waals surface area contributed by atoms with E-state index in [4.69, 9.17) is 20.0 Å². The number of fused-ring (bicyclic) bond motifs is 4. The van der Waals surface area contributed by atoms with Crippen molar-refractivity contribution in [3.63, 3.8) is 0 Å². The van der Waals surface area contributed by atoms with E-state index in [-0.39, 0.29) is 43.3 Å². The number of allylic oxidation sites excluding steroid dienone is 12. The van der Waals surface area contributed by atoms with E-state index in [0.29, 0.717) is 90.2 Å². The van der Waals surface area contributed by atoms with Gasteiger partial charge in [0, 0.05) is 43.4 Å². The van der Waals surface area contributed by atoms with E-state index < -0.39 is 23.9 Å². The summed E-state index contributed by atoms with van der Waals surface area (Å²) in [6.45, 7) is 0. The Morgan fingerprint density at radius 2 is 0.475 bits per heavy atom. The third kappa shape index (κ3) is 7.48. The smallest absolute Gasteiger partial charge is 0.335 e. The molecule has 13 heteroatoms. The number of rotatable bonds is 8. The molecule has 0 radical (unpaired) electrons. The summed E-state index contributed by atoms with van der Waals surface area (Å²) < 4.78 is 0. The van der Waals surface area contributed by atoms with Crippen molar-refractivity contribution in [3.8, 4) is 0 Å². The summed E-state index contributed by atoms with van der Waals surface area (Å²) >= 11 is 0. The number of carboxylic acids is 4. The van der Waals surface area contributed by atoms with Gasteiger partial charge in [0.25, 0.3) is 0 Å². The van der Waals surface area contributed by atoms with Crippen molar-refractivity contribution in [2.24, 2.45) is 20.0 Å². The maximum absolute atomic E-state index is 11.8. The first kappa shape index (κ1) is 39.9. The zero-order chi connectivity index (χ0) is 41.7. The van der Waals surface area contributed by atoms with Crippen LogP contribution in [0.15, 0.2) is 188 Å². The van der Waals surface area contributed by atoms with Crippen molar-refractivity contribution < 1.29 is 60.7 Å². The number of carboxylic acid groups (broad SMARTS) is 4. The average molecular weight is 984 g/mol. The third-order valence-electron chi connectivity index (χ3n) is 10.3. The first-order valence-electron chi connectivity index (χ1n) is 18.4. The summed E-state index contributed by atoms with van der Waals surface area (Å²) in [5.74, 6) is -4.30. The van der Waals surface area contributed by atoms with Crippen LogP contribution in [-0.2, 0) is 21.1 Å². The van der Waals surface area contributed by atoms with Crippen molar-refractivity contribution in [2.45, 2.75) is 0 Å². The Morgan fingerprint density at radius 1 is 0.295 bits per heavy atom. The maximum atomic E-state index is 11.8. The van der Waals surface area contributed by atoms with Crippen LogP contribution in [0.25, 0.3) is 22.3 Å². The van der Waals surface area contributed by atoms with Gasteiger partial charge in [-0.3, -0.25) is 0 Å². The summed E-state index contributed by atoms with van der Waals surface area (Å²) in [7, 11) is 0. The van der Waals surface area contributed by atoms with Crippen molar-refractivity contribution in [3.05, 3.63) is 213 Å². The number of benzene rings is 4. The molecule has 61 heavy (non-hydrogen) atoms. The maximum Gasteiger partial charge on any atom is 0.335 e. The number of nitrogens with zero attached hydrogens (tertiary/aromatic N) is 4. The average Bonchev–Trinajstić information content (AvgIpc) is 4.10. The van der Waals surface area contributed by atoms with Gasteiger partial charge >= 0.3 is 23.9 Å². The molecular weight excluding hydrogens is 956 g/mol. The fourth-order valence-corrected chi connectivity index (χ4v) is 7.39. The molecule has 4 aromatic carbocycles. The van der Waals surface area contributed by atoms with E-state index in [1.807, 2.05) is 48.6 Å². The van der Waals surface area contributed by atoms with E-state index in [9.17, 15) is 39.6 Å². The van der Waals surface area contributed by atoms with Gasteiger partial charge in [-0.1, -0.05) is 48.5 Å². The second kappa shape index (κ2) is 16.0. The standard InChI is InChI=1S/C48H28N4O8.Pt/c53-45(54)29-9-1-25(2-10-29)41-33-17-19-35(49-33)42(26-3-11-30(12-4-26)46(55)56)37-21-23-39(51-37)44(28-7-15-32(16-8-28)48(59)60)40-24-22-38(52-40)43(36-20-18-34(41)50-36)27-5-13-31(14-6-27)47(57)58;/h1-24H,(H,53,54)(H,55,56)(H,57,58)(H,59,60);. The van der Waals surface area contributed by atoms with Crippen molar-refractivity contribution >= 4 is 69.0 Å². The Labute approximate surface area is 361 Å². The van der Waals surface area contributed by atoms with Crippen LogP contribution in [0, 0.1) is 0 Å². The van der Waals surface area contributed by atoms with Gasteiger partial charge in [-0.25, -0.2) is 39.1 Å². The van der Waals surface area contributed by atoms with Gasteiger partial charge in [0.05, 0.1) is 67.9 Å². The van der Waals surface area contributed by atoms with Crippen LogP contribution >= 0.6 is 0 Å². The molecule has 0 atom stereocenters. The molecule has 298 valence electrons. The normalized spacial score (nSPS) is 16.1. The fourth-order valence-electron chi connectivity index (χ4n) is 7.39. The molecule has 0 amide bonds.